The van der Waals surface area contributed by atoms with Crippen molar-refractivity contribution in [1.82, 2.24) is 5.32 Å². The van der Waals surface area contributed by atoms with Crippen molar-refractivity contribution in [1.29, 1.82) is 0 Å². The number of nitrogens with two attached hydrogens (primary N) is 1. The molecule has 1 saturated carbocycles. The minimum absolute atomic E-state index is 0.0316. The zero-order valence-corrected chi connectivity index (χ0v) is 11.4. The van der Waals surface area contributed by atoms with Gasteiger partial charge < -0.3 is 15.8 Å². The topological polar surface area (TPSA) is 64.3 Å². The fourth-order valence-electron chi connectivity index (χ4n) is 2.38. The largest absolute Gasteiger partial charge is 0.484 e. The van der Waals surface area contributed by atoms with E-state index in [-0.39, 0.29) is 18.6 Å². The van der Waals surface area contributed by atoms with Crippen LogP contribution in [0.4, 0.5) is 0 Å². The molecular formula is C15H22N2O2. The van der Waals surface area contributed by atoms with Crippen LogP contribution in [-0.2, 0) is 4.79 Å². The summed E-state index contributed by atoms with van der Waals surface area (Å²) >= 11 is 0. The molecule has 1 amide bonds. The van der Waals surface area contributed by atoms with Crippen LogP contribution in [0.15, 0.2) is 24.3 Å². The van der Waals surface area contributed by atoms with Crippen molar-refractivity contribution in [3.8, 4) is 5.75 Å². The third kappa shape index (κ3) is 4.24. The van der Waals surface area contributed by atoms with Crippen LogP contribution in [0.25, 0.3) is 0 Å². The van der Waals surface area contributed by atoms with Gasteiger partial charge in [0.15, 0.2) is 6.61 Å². The Morgan fingerprint density at radius 3 is 2.89 bits per heavy atom. The van der Waals surface area contributed by atoms with Crippen molar-refractivity contribution in [3.05, 3.63) is 29.8 Å². The van der Waals surface area contributed by atoms with Crippen LogP contribution < -0.4 is 15.8 Å². The maximum atomic E-state index is 11.7. The maximum absolute atomic E-state index is 11.7. The molecule has 1 aliphatic carbocycles. The van der Waals surface area contributed by atoms with Crippen LogP contribution in [0.3, 0.4) is 0 Å². The van der Waals surface area contributed by atoms with E-state index in [9.17, 15) is 4.79 Å². The van der Waals surface area contributed by atoms with E-state index in [2.05, 4.69) is 5.32 Å². The van der Waals surface area contributed by atoms with Crippen molar-refractivity contribution in [2.75, 3.05) is 6.61 Å². The lowest BCUT2D eigenvalue weighted by Crippen LogP contribution is -2.36. The van der Waals surface area contributed by atoms with E-state index in [4.69, 9.17) is 10.5 Å². The van der Waals surface area contributed by atoms with Crippen LogP contribution in [0.1, 0.15) is 44.2 Å². The Labute approximate surface area is 114 Å². The average Bonchev–Trinajstić information content (AvgIpc) is 2.89. The lowest BCUT2D eigenvalue weighted by atomic mass is 10.1. The summed E-state index contributed by atoms with van der Waals surface area (Å²) < 4.78 is 5.50. The Hall–Kier alpha value is -1.55. The van der Waals surface area contributed by atoms with Gasteiger partial charge in [-0.3, -0.25) is 4.79 Å². The first-order chi connectivity index (χ1) is 9.15. The van der Waals surface area contributed by atoms with E-state index in [1.807, 2.05) is 31.2 Å². The highest BCUT2D eigenvalue weighted by Gasteiger charge is 2.17. The molecule has 3 N–H and O–H groups in total. The van der Waals surface area contributed by atoms with Gasteiger partial charge in [-0.05, 0) is 37.5 Å². The normalized spacial score (nSPS) is 17.2. The molecule has 4 heteroatoms. The number of hydrogen-bond acceptors (Lipinski definition) is 3. The number of amides is 1. The smallest absolute Gasteiger partial charge is 0.258 e. The number of carbonyl (C=O) groups excluding carboxylic acids is 1. The summed E-state index contributed by atoms with van der Waals surface area (Å²) in [5, 5.41) is 3.00. The minimum Gasteiger partial charge on any atom is -0.484 e. The Bertz CT molecular complexity index is 426. The van der Waals surface area contributed by atoms with E-state index >= 15 is 0 Å². The average molecular weight is 262 g/mol. The van der Waals surface area contributed by atoms with E-state index in [0.29, 0.717) is 11.8 Å². The molecule has 19 heavy (non-hydrogen) atoms. The Kier molecular flexibility index (Phi) is 4.80. The summed E-state index contributed by atoms with van der Waals surface area (Å²) in [5.41, 5.74) is 6.82. The maximum Gasteiger partial charge on any atom is 0.258 e. The minimum atomic E-state index is -0.0434. The third-order valence-electron chi connectivity index (χ3n) is 3.47. The second-order valence-corrected chi connectivity index (χ2v) is 5.20. The zero-order chi connectivity index (χ0) is 13.7. The van der Waals surface area contributed by atoms with Gasteiger partial charge in [0.25, 0.3) is 5.91 Å². The van der Waals surface area contributed by atoms with Crippen molar-refractivity contribution in [2.24, 2.45) is 5.73 Å². The van der Waals surface area contributed by atoms with Crippen LogP contribution in [0.5, 0.6) is 5.75 Å². The molecular weight excluding hydrogens is 240 g/mol. The molecule has 1 aliphatic rings. The SMILES string of the molecule is C[C@H](N)c1cccc(OCC(=O)NC2CCCC2)c1. The molecule has 1 aromatic rings. The first-order valence-electron chi connectivity index (χ1n) is 6.93. The molecule has 2 rings (SSSR count). The van der Waals surface area contributed by atoms with Gasteiger partial charge >= 0.3 is 0 Å². The lowest BCUT2D eigenvalue weighted by molar-refractivity contribution is -0.123. The van der Waals surface area contributed by atoms with E-state index in [1.165, 1.54) is 12.8 Å². The van der Waals surface area contributed by atoms with E-state index < -0.39 is 0 Å². The molecule has 4 nitrogen and oxygen atoms in total. The first kappa shape index (κ1) is 13.9. The third-order valence-corrected chi connectivity index (χ3v) is 3.47. The van der Waals surface area contributed by atoms with E-state index in [1.54, 1.807) is 0 Å². The van der Waals surface area contributed by atoms with Crippen molar-refractivity contribution in [3.63, 3.8) is 0 Å². The van der Waals surface area contributed by atoms with Gasteiger partial charge in [0.2, 0.25) is 0 Å². The quantitative estimate of drug-likeness (QED) is 0.854. The number of nitrogens with one attached hydrogen (secondary N) is 1. The molecule has 0 unspecified atom stereocenters. The van der Waals surface area contributed by atoms with Crippen LogP contribution in [0.2, 0.25) is 0 Å². The second-order valence-electron chi connectivity index (χ2n) is 5.20. The van der Waals surface area contributed by atoms with Gasteiger partial charge in [-0.15, -0.1) is 0 Å². The molecule has 1 aromatic carbocycles. The standard InChI is InChI=1S/C15H22N2O2/c1-11(16)12-5-4-8-14(9-12)19-10-15(18)17-13-6-2-3-7-13/h4-5,8-9,11,13H,2-3,6-7,10,16H2,1H3,(H,17,18)/t11-/m0/s1. The fraction of sp³-hybridized carbons (Fsp3) is 0.533. The van der Waals surface area contributed by atoms with E-state index in [0.717, 1.165) is 18.4 Å². The van der Waals surface area contributed by atoms with Crippen molar-refractivity contribution >= 4 is 5.91 Å². The Balaban J connectivity index is 1.80. The first-order valence-corrected chi connectivity index (χ1v) is 6.93. The molecule has 104 valence electrons. The number of benzene rings is 1. The Morgan fingerprint density at radius 1 is 1.47 bits per heavy atom. The summed E-state index contributed by atoms with van der Waals surface area (Å²) in [4.78, 5) is 11.7. The van der Waals surface area contributed by atoms with Crippen molar-refractivity contribution < 1.29 is 9.53 Å². The molecule has 0 aromatic heterocycles. The summed E-state index contributed by atoms with van der Waals surface area (Å²) in [6, 6.07) is 7.88. The number of carbonyl (C=O) groups is 1. The second kappa shape index (κ2) is 6.57. The predicted octanol–water partition coefficient (Wildman–Crippen LogP) is 2.14. The monoisotopic (exact) mass is 262 g/mol. The van der Waals surface area contributed by atoms with Gasteiger partial charge in [-0.2, -0.15) is 0 Å². The van der Waals surface area contributed by atoms with Crippen LogP contribution in [-0.4, -0.2) is 18.6 Å². The number of hydrogen-bond donors (Lipinski definition) is 2. The van der Waals surface area contributed by atoms with Crippen LogP contribution in [0, 0.1) is 0 Å². The van der Waals surface area contributed by atoms with Gasteiger partial charge in [0.05, 0.1) is 0 Å². The highest BCUT2D eigenvalue weighted by molar-refractivity contribution is 5.77. The molecule has 0 saturated heterocycles. The molecule has 1 fully saturated rings. The number of ether oxygens (including phenoxy) is 1. The lowest BCUT2D eigenvalue weighted by Gasteiger charge is -2.13. The van der Waals surface area contributed by atoms with Crippen molar-refractivity contribution in [2.45, 2.75) is 44.7 Å². The number of rotatable bonds is 5. The fourth-order valence-corrected chi connectivity index (χ4v) is 2.38. The van der Waals surface area contributed by atoms with Gasteiger partial charge in [-0.25, -0.2) is 0 Å². The summed E-state index contributed by atoms with van der Waals surface area (Å²) in [6.45, 7) is 1.99. The predicted molar refractivity (Wildman–Crippen MR) is 74.9 cm³/mol. The highest BCUT2D eigenvalue weighted by Crippen LogP contribution is 2.18. The molecule has 1 atom stereocenters. The molecule has 0 heterocycles. The molecule has 0 radical (unpaired) electrons. The summed E-state index contributed by atoms with van der Waals surface area (Å²) in [5.74, 6) is 0.648. The molecule has 0 bridgehead atoms. The highest BCUT2D eigenvalue weighted by atomic mass is 16.5. The molecule has 0 spiro atoms. The van der Waals surface area contributed by atoms with Gasteiger partial charge in [0, 0.05) is 12.1 Å². The van der Waals surface area contributed by atoms with Gasteiger partial charge in [-0.1, -0.05) is 25.0 Å². The van der Waals surface area contributed by atoms with Crippen LogP contribution >= 0.6 is 0 Å². The molecule has 0 aliphatic heterocycles. The zero-order valence-electron chi connectivity index (χ0n) is 11.4. The summed E-state index contributed by atoms with van der Waals surface area (Å²) in [6.07, 6.45) is 4.60. The van der Waals surface area contributed by atoms with Gasteiger partial charge in [0.1, 0.15) is 5.75 Å². The summed E-state index contributed by atoms with van der Waals surface area (Å²) in [7, 11) is 0. The Morgan fingerprint density at radius 2 is 2.21 bits per heavy atom.